The maximum atomic E-state index is 13.7. The van der Waals surface area contributed by atoms with Crippen LogP contribution in [0.4, 0.5) is 0 Å². The molecule has 0 radical (unpaired) electrons. The molecule has 1 aromatic rings. The van der Waals surface area contributed by atoms with E-state index in [-0.39, 0.29) is 23.4 Å². The maximum Gasteiger partial charge on any atom is 0.185 e. The lowest BCUT2D eigenvalue weighted by molar-refractivity contribution is -0.258. The summed E-state index contributed by atoms with van der Waals surface area (Å²) in [5, 5.41) is 25.1. The normalized spacial score (nSPS) is 27.9. The Kier molecular flexibility index (Phi) is 9.40. The minimum Gasteiger partial charge on any atom is -0.497 e. The van der Waals surface area contributed by atoms with E-state index in [0.29, 0.717) is 30.4 Å². The van der Waals surface area contributed by atoms with Gasteiger partial charge in [-0.15, -0.1) is 0 Å². The first-order chi connectivity index (χ1) is 19.9. The molecular formula is C35H52N2O6. The summed E-state index contributed by atoms with van der Waals surface area (Å²) in [4.78, 5) is 26.5. The van der Waals surface area contributed by atoms with E-state index in [9.17, 15) is 20.0 Å². The van der Waals surface area contributed by atoms with Gasteiger partial charge in [0.25, 0.3) is 0 Å². The molecule has 2 atom stereocenters. The number of carbonyl (C=O) groups excluding carboxylic acids is 2. The number of hydroxylamine groups is 4. The molecule has 4 rings (SSSR count). The van der Waals surface area contributed by atoms with E-state index in [0.717, 1.165) is 49.2 Å². The molecule has 2 fully saturated rings. The zero-order valence-electron chi connectivity index (χ0n) is 27.6. The van der Waals surface area contributed by atoms with Gasteiger partial charge in [0.2, 0.25) is 0 Å². The summed E-state index contributed by atoms with van der Waals surface area (Å²) in [5.74, 6) is 1.82. The third-order valence-corrected chi connectivity index (χ3v) is 9.98. The Morgan fingerprint density at radius 1 is 0.767 bits per heavy atom. The van der Waals surface area contributed by atoms with Crippen molar-refractivity contribution in [3.8, 4) is 11.5 Å². The second-order valence-electron chi connectivity index (χ2n) is 15.3. The lowest BCUT2D eigenvalue weighted by Crippen LogP contribution is -2.60. The van der Waals surface area contributed by atoms with Crippen LogP contribution in [0.5, 0.6) is 11.5 Å². The van der Waals surface area contributed by atoms with E-state index >= 15 is 0 Å². The predicted octanol–water partition coefficient (Wildman–Crippen LogP) is 6.72. The topological polar surface area (TPSA) is 99.5 Å². The maximum absolute atomic E-state index is 13.7. The first-order valence-corrected chi connectivity index (χ1v) is 15.6. The van der Waals surface area contributed by atoms with Gasteiger partial charge in [-0.25, -0.2) is 0 Å². The van der Waals surface area contributed by atoms with Gasteiger partial charge in [-0.1, -0.05) is 0 Å². The van der Waals surface area contributed by atoms with Crippen molar-refractivity contribution in [2.75, 3.05) is 14.2 Å². The van der Waals surface area contributed by atoms with E-state index in [4.69, 9.17) is 9.47 Å². The molecule has 0 spiro atoms. The Morgan fingerprint density at radius 2 is 1.33 bits per heavy atom. The van der Waals surface area contributed by atoms with Crippen molar-refractivity contribution in [2.24, 2.45) is 11.8 Å². The van der Waals surface area contributed by atoms with Gasteiger partial charge in [0.1, 0.15) is 11.5 Å². The van der Waals surface area contributed by atoms with Crippen molar-refractivity contribution in [1.29, 1.82) is 0 Å². The second kappa shape index (κ2) is 12.1. The van der Waals surface area contributed by atoms with Gasteiger partial charge >= 0.3 is 0 Å². The summed E-state index contributed by atoms with van der Waals surface area (Å²) in [6, 6.07) is 5.84. The van der Waals surface area contributed by atoms with Crippen LogP contribution >= 0.6 is 0 Å². The highest BCUT2D eigenvalue weighted by Crippen LogP contribution is 2.46. The molecule has 8 nitrogen and oxygen atoms in total. The Bertz CT molecular complexity index is 1280. The standard InChI is InChI=1S/C35H52N2O6/c1-32(2)19-23(20-33(3,4)36(32)40)15-27-17-28(38)16-25(31(27)39)12-13-35(7)22-24(21-34(5,6)37(35)41)14-26-18-29(42-8)10-11-30(26)43-9/h10-11,16-18,23-24,40-41H,12-15,19-22H2,1-9H3. The Hall–Kier alpha value is -2.52. The lowest BCUT2D eigenvalue weighted by Gasteiger charge is -2.53. The summed E-state index contributed by atoms with van der Waals surface area (Å²) in [6.45, 7) is 14.2. The first kappa shape index (κ1) is 33.4. The molecule has 1 aromatic carbocycles. The van der Waals surface area contributed by atoms with Crippen LogP contribution in [0.15, 0.2) is 41.5 Å². The summed E-state index contributed by atoms with van der Waals surface area (Å²) < 4.78 is 11.1. The number of Topliss-reactive ketones (excluding diaryl/α,β-unsaturated/α-hetero) is 1. The molecule has 238 valence electrons. The van der Waals surface area contributed by atoms with Crippen LogP contribution in [0.1, 0.15) is 99.0 Å². The van der Waals surface area contributed by atoms with E-state index in [1.165, 1.54) is 22.3 Å². The van der Waals surface area contributed by atoms with Gasteiger partial charge in [0.05, 0.1) is 14.2 Å². The van der Waals surface area contributed by atoms with Crippen molar-refractivity contribution < 1.29 is 29.5 Å². The van der Waals surface area contributed by atoms with E-state index in [1.807, 2.05) is 45.9 Å². The number of methoxy groups -OCH3 is 2. The minimum absolute atomic E-state index is 0.0672. The number of ether oxygens (including phenoxy) is 2. The number of allylic oxidation sites excluding steroid dienone is 4. The quantitative estimate of drug-likeness (QED) is 0.303. The molecule has 8 heteroatoms. The van der Waals surface area contributed by atoms with E-state index in [1.54, 1.807) is 14.2 Å². The number of piperidine rings is 2. The van der Waals surface area contributed by atoms with E-state index in [2.05, 4.69) is 20.8 Å². The summed E-state index contributed by atoms with van der Waals surface area (Å²) in [5.41, 5.74) is 0.230. The average Bonchev–Trinajstić information content (AvgIpc) is 2.91. The summed E-state index contributed by atoms with van der Waals surface area (Å²) in [7, 11) is 3.33. The summed E-state index contributed by atoms with van der Waals surface area (Å²) in [6.07, 6.45) is 8.22. The minimum atomic E-state index is -0.591. The molecule has 2 heterocycles. The highest BCUT2D eigenvalue weighted by Gasteiger charge is 2.48. The van der Waals surface area contributed by atoms with Crippen LogP contribution in [-0.2, 0) is 16.0 Å². The van der Waals surface area contributed by atoms with Gasteiger partial charge in [-0.05, 0) is 148 Å². The van der Waals surface area contributed by atoms with Crippen LogP contribution in [0.3, 0.4) is 0 Å². The molecule has 2 unspecified atom stereocenters. The van der Waals surface area contributed by atoms with Crippen LogP contribution in [0.25, 0.3) is 0 Å². The molecule has 0 bridgehead atoms. The van der Waals surface area contributed by atoms with Crippen LogP contribution in [0, 0.1) is 11.8 Å². The molecule has 0 aromatic heterocycles. The molecule has 2 aliphatic heterocycles. The number of carbonyl (C=O) groups is 2. The average molecular weight is 597 g/mol. The highest BCUT2D eigenvalue weighted by molar-refractivity contribution is 6.20. The molecule has 3 aliphatic rings. The SMILES string of the molecule is COc1ccc(OC)c(CC2CC(C)(C)N(O)C(C)(CCC3=CC(=O)C=C(CC4CC(C)(C)N(O)C(C)(C)C4)C3=O)C2)c1. The molecule has 0 amide bonds. The van der Waals surface area contributed by atoms with E-state index < -0.39 is 22.2 Å². The molecule has 43 heavy (non-hydrogen) atoms. The van der Waals surface area contributed by atoms with Crippen molar-refractivity contribution in [2.45, 2.75) is 122 Å². The largest absolute Gasteiger partial charge is 0.497 e. The third kappa shape index (κ3) is 7.08. The molecule has 1 aliphatic carbocycles. The Labute approximate surface area is 257 Å². The first-order valence-electron chi connectivity index (χ1n) is 15.6. The van der Waals surface area contributed by atoms with Crippen LogP contribution in [0.2, 0.25) is 0 Å². The fourth-order valence-corrected chi connectivity index (χ4v) is 8.41. The smallest absolute Gasteiger partial charge is 0.185 e. The highest BCUT2D eigenvalue weighted by atomic mass is 16.5. The lowest BCUT2D eigenvalue weighted by atomic mass is 9.70. The number of benzene rings is 1. The van der Waals surface area contributed by atoms with Crippen molar-refractivity contribution >= 4 is 11.6 Å². The van der Waals surface area contributed by atoms with Crippen molar-refractivity contribution in [3.05, 3.63) is 47.1 Å². The Morgan fingerprint density at radius 3 is 1.91 bits per heavy atom. The molecule has 2 saturated heterocycles. The number of hydrogen-bond donors (Lipinski definition) is 2. The van der Waals surface area contributed by atoms with Gasteiger partial charge in [-0.3, -0.25) is 9.59 Å². The van der Waals surface area contributed by atoms with Gasteiger partial charge in [0, 0.05) is 33.3 Å². The fourth-order valence-electron chi connectivity index (χ4n) is 8.41. The monoisotopic (exact) mass is 596 g/mol. The molecule has 0 saturated carbocycles. The van der Waals surface area contributed by atoms with Gasteiger partial charge in [-0.2, -0.15) is 10.1 Å². The number of rotatable bonds is 9. The van der Waals surface area contributed by atoms with Crippen LogP contribution < -0.4 is 9.47 Å². The van der Waals surface area contributed by atoms with Gasteiger partial charge < -0.3 is 19.9 Å². The number of hydrogen-bond acceptors (Lipinski definition) is 8. The Balaban J connectivity index is 1.48. The molecular weight excluding hydrogens is 544 g/mol. The summed E-state index contributed by atoms with van der Waals surface area (Å²) >= 11 is 0. The fraction of sp³-hybridized carbons (Fsp3) is 0.657. The number of nitrogens with zero attached hydrogens (tertiary/aromatic N) is 2. The van der Waals surface area contributed by atoms with Crippen molar-refractivity contribution in [1.82, 2.24) is 10.1 Å². The zero-order chi connectivity index (χ0) is 32.0. The zero-order valence-corrected chi connectivity index (χ0v) is 27.6. The van der Waals surface area contributed by atoms with Crippen LogP contribution in [-0.4, -0.2) is 68.5 Å². The molecule has 2 N–H and O–H groups in total. The number of ketones is 2. The second-order valence-corrected chi connectivity index (χ2v) is 15.3. The third-order valence-electron chi connectivity index (χ3n) is 9.98. The predicted molar refractivity (Wildman–Crippen MR) is 167 cm³/mol. The van der Waals surface area contributed by atoms with Crippen molar-refractivity contribution in [3.63, 3.8) is 0 Å². The van der Waals surface area contributed by atoms with Gasteiger partial charge in [0.15, 0.2) is 11.6 Å².